The van der Waals surface area contributed by atoms with Crippen molar-refractivity contribution >= 4 is 38.8 Å². The van der Waals surface area contributed by atoms with Crippen LogP contribution in [0.15, 0.2) is 82.1 Å². The molecule has 7 nitrogen and oxygen atoms in total. The number of amides is 1. The highest BCUT2D eigenvalue weighted by molar-refractivity contribution is 7.90. The van der Waals surface area contributed by atoms with Gasteiger partial charge in [-0.2, -0.15) is 8.42 Å². The van der Waals surface area contributed by atoms with E-state index in [9.17, 15) is 13.2 Å². The topological polar surface area (TPSA) is 88.1 Å². The number of hydrogen-bond donors (Lipinski definition) is 1. The van der Waals surface area contributed by atoms with Gasteiger partial charge in [-0.25, -0.2) is 0 Å². The van der Waals surface area contributed by atoms with Gasteiger partial charge in [0.2, 0.25) is 0 Å². The van der Waals surface area contributed by atoms with E-state index in [2.05, 4.69) is 9.71 Å². The molecule has 1 heterocycles. The molecule has 164 valence electrons. The van der Waals surface area contributed by atoms with Gasteiger partial charge in [0.05, 0.1) is 12.8 Å². The third-order valence-electron chi connectivity index (χ3n) is 5.06. The van der Waals surface area contributed by atoms with Crippen LogP contribution >= 0.6 is 0 Å². The minimum absolute atomic E-state index is 0.0401. The fourth-order valence-corrected chi connectivity index (χ4v) is 4.81. The molecule has 0 aromatic heterocycles. The third-order valence-corrected chi connectivity index (χ3v) is 6.37. The van der Waals surface area contributed by atoms with Crippen molar-refractivity contribution in [2.45, 2.75) is 18.7 Å². The molecule has 1 amide bonds. The van der Waals surface area contributed by atoms with Crippen LogP contribution in [0.5, 0.6) is 5.75 Å². The first-order chi connectivity index (χ1) is 15.3. The van der Waals surface area contributed by atoms with Crippen molar-refractivity contribution < 1.29 is 17.9 Å². The smallest absolute Gasteiger partial charge is 0.286 e. The van der Waals surface area contributed by atoms with E-state index < -0.39 is 10.0 Å². The molecule has 0 bridgehead atoms. The standard InChI is InChI=1S/C24H23N3O4S/c1-16(2)23-26-32(29,30)22-15-18(25-24(28)17-9-12-20(31-3)13-10-17)11-14-21(22)27(23)19-7-5-4-6-8-19/h4-16H,1-3H3,(H,25,28). The summed E-state index contributed by atoms with van der Waals surface area (Å²) in [6.07, 6.45) is 0. The summed E-state index contributed by atoms with van der Waals surface area (Å²) >= 11 is 0. The van der Waals surface area contributed by atoms with Gasteiger partial charge in [-0.05, 0) is 54.6 Å². The van der Waals surface area contributed by atoms with Crippen molar-refractivity contribution in [1.29, 1.82) is 0 Å². The van der Waals surface area contributed by atoms with Crippen molar-refractivity contribution in [3.05, 3.63) is 78.4 Å². The lowest BCUT2D eigenvalue weighted by atomic mass is 10.1. The van der Waals surface area contributed by atoms with Crippen molar-refractivity contribution in [3.63, 3.8) is 0 Å². The van der Waals surface area contributed by atoms with Crippen molar-refractivity contribution in [3.8, 4) is 5.75 Å². The molecule has 3 aromatic carbocycles. The first-order valence-electron chi connectivity index (χ1n) is 10.1. The number of nitrogens with one attached hydrogen (secondary N) is 1. The Bertz CT molecular complexity index is 1280. The van der Waals surface area contributed by atoms with E-state index in [1.165, 1.54) is 6.07 Å². The van der Waals surface area contributed by atoms with Crippen molar-refractivity contribution in [1.82, 2.24) is 0 Å². The molecule has 1 N–H and O–H groups in total. The summed E-state index contributed by atoms with van der Waals surface area (Å²) in [6.45, 7) is 3.80. The number of carbonyl (C=O) groups excluding carboxylic acids is 1. The summed E-state index contributed by atoms with van der Waals surface area (Å²) in [5.41, 5.74) is 2.10. The molecule has 8 heteroatoms. The van der Waals surface area contributed by atoms with Crippen LogP contribution in [0.25, 0.3) is 0 Å². The second-order valence-electron chi connectivity index (χ2n) is 7.62. The average Bonchev–Trinajstić information content (AvgIpc) is 2.79. The predicted octanol–water partition coefficient (Wildman–Crippen LogP) is 4.84. The number of anilines is 3. The SMILES string of the molecule is COc1ccc(C(=O)Nc2ccc3c(c2)S(=O)(=O)N=C(C(C)C)N3c2ccccc2)cc1. The lowest BCUT2D eigenvalue weighted by Crippen LogP contribution is -2.35. The number of sulfonamides is 1. The zero-order chi connectivity index (χ0) is 22.9. The number of carbonyl (C=O) groups is 1. The number of hydrogen-bond acceptors (Lipinski definition) is 5. The maximum Gasteiger partial charge on any atom is 0.286 e. The number of benzene rings is 3. The number of rotatable bonds is 5. The minimum Gasteiger partial charge on any atom is -0.497 e. The van der Waals surface area contributed by atoms with Gasteiger partial charge in [0.15, 0.2) is 0 Å². The molecule has 0 saturated heterocycles. The average molecular weight is 450 g/mol. The quantitative estimate of drug-likeness (QED) is 0.602. The van der Waals surface area contributed by atoms with Crippen LogP contribution in [0.3, 0.4) is 0 Å². The summed E-state index contributed by atoms with van der Waals surface area (Å²) < 4.78 is 35.2. The van der Waals surface area contributed by atoms with Crippen LogP contribution in [-0.4, -0.2) is 27.3 Å². The van der Waals surface area contributed by atoms with E-state index >= 15 is 0 Å². The number of nitrogens with zero attached hydrogens (tertiary/aromatic N) is 2. The molecule has 0 unspecified atom stereocenters. The summed E-state index contributed by atoms with van der Waals surface area (Å²) in [4.78, 5) is 14.5. The van der Waals surface area contributed by atoms with Gasteiger partial charge < -0.3 is 10.1 Å². The van der Waals surface area contributed by atoms with Gasteiger partial charge in [0.25, 0.3) is 15.9 Å². The van der Waals surface area contributed by atoms with E-state index in [4.69, 9.17) is 4.74 Å². The minimum atomic E-state index is -3.93. The Morgan fingerprint density at radius 3 is 2.31 bits per heavy atom. The molecule has 0 fully saturated rings. The Kier molecular flexibility index (Phi) is 5.71. The second-order valence-corrected chi connectivity index (χ2v) is 9.19. The molecule has 1 aliphatic heterocycles. The van der Waals surface area contributed by atoms with Gasteiger partial charge >= 0.3 is 0 Å². The summed E-state index contributed by atoms with van der Waals surface area (Å²) in [7, 11) is -2.38. The first kappa shape index (κ1) is 21.6. The van der Waals surface area contributed by atoms with Crippen LogP contribution < -0.4 is 15.0 Å². The first-order valence-corrected chi connectivity index (χ1v) is 11.5. The molecule has 3 aromatic rings. The number of ether oxygens (including phenoxy) is 1. The maximum absolute atomic E-state index is 13.0. The molecule has 0 radical (unpaired) electrons. The molecule has 1 aliphatic rings. The van der Waals surface area contributed by atoms with E-state index in [1.807, 2.05) is 49.1 Å². The zero-order valence-corrected chi connectivity index (χ0v) is 18.8. The van der Waals surface area contributed by atoms with Crippen molar-refractivity contribution in [2.24, 2.45) is 10.3 Å². The fourth-order valence-electron chi connectivity index (χ4n) is 3.48. The Labute approximate surface area is 187 Å². The van der Waals surface area contributed by atoms with Crippen molar-refractivity contribution in [2.75, 3.05) is 17.3 Å². The molecule has 0 atom stereocenters. The van der Waals surface area contributed by atoms with E-state index in [0.717, 1.165) is 5.69 Å². The summed E-state index contributed by atoms with van der Waals surface area (Å²) in [5.74, 6) is 0.611. The number of para-hydroxylation sites is 1. The normalized spacial score (nSPS) is 14.5. The second kappa shape index (κ2) is 8.47. The highest BCUT2D eigenvalue weighted by atomic mass is 32.2. The highest BCUT2D eigenvalue weighted by Gasteiger charge is 2.33. The fraction of sp³-hybridized carbons (Fsp3) is 0.167. The van der Waals surface area contributed by atoms with E-state index in [-0.39, 0.29) is 16.7 Å². The summed E-state index contributed by atoms with van der Waals surface area (Å²) in [6, 6.07) is 21.0. The van der Waals surface area contributed by atoms with Crippen LogP contribution in [0.4, 0.5) is 17.1 Å². The van der Waals surface area contributed by atoms with Gasteiger partial charge in [-0.1, -0.05) is 32.0 Å². The number of amidine groups is 1. The molecular formula is C24H23N3O4S. The molecule has 0 spiro atoms. The lowest BCUT2D eigenvalue weighted by molar-refractivity contribution is 0.102. The summed E-state index contributed by atoms with van der Waals surface area (Å²) in [5, 5.41) is 2.76. The van der Waals surface area contributed by atoms with Crippen LogP contribution in [-0.2, 0) is 10.0 Å². The Balaban J connectivity index is 1.73. The molecule has 4 rings (SSSR count). The van der Waals surface area contributed by atoms with Gasteiger partial charge in [-0.3, -0.25) is 9.69 Å². The van der Waals surface area contributed by atoms with Gasteiger partial charge in [-0.15, -0.1) is 4.40 Å². The molecule has 0 aliphatic carbocycles. The van der Waals surface area contributed by atoms with E-state index in [0.29, 0.717) is 28.5 Å². The largest absolute Gasteiger partial charge is 0.497 e. The monoisotopic (exact) mass is 449 g/mol. The predicted molar refractivity (Wildman–Crippen MR) is 125 cm³/mol. The Hall–Kier alpha value is -3.65. The Morgan fingerprint density at radius 2 is 1.69 bits per heavy atom. The third kappa shape index (κ3) is 4.09. The van der Waals surface area contributed by atoms with E-state index in [1.54, 1.807) is 43.5 Å². The number of fused-ring (bicyclic) bond motifs is 1. The zero-order valence-electron chi connectivity index (χ0n) is 17.9. The highest BCUT2D eigenvalue weighted by Crippen LogP contribution is 2.39. The van der Waals surface area contributed by atoms with Crippen LogP contribution in [0, 0.1) is 5.92 Å². The molecular weight excluding hydrogens is 426 g/mol. The van der Waals surface area contributed by atoms with Gasteiger partial charge in [0, 0.05) is 22.9 Å². The lowest BCUT2D eigenvalue weighted by Gasteiger charge is -2.33. The van der Waals surface area contributed by atoms with Crippen LogP contribution in [0.1, 0.15) is 24.2 Å². The molecule has 0 saturated carbocycles. The Morgan fingerprint density at radius 1 is 1.00 bits per heavy atom. The molecule has 32 heavy (non-hydrogen) atoms. The maximum atomic E-state index is 13.0. The van der Waals surface area contributed by atoms with Crippen LogP contribution in [0.2, 0.25) is 0 Å². The van der Waals surface area contributed by atoms with Gasteiger partial charge in [0.1, 0.15) is 16.5 Å². The number of methoxy groups -OCH3 is 1.